The number of aliphatic carboxylic acids is 1. The van der Waals surface area contributed by atoms with Gasteiger partial charge in [-0.15, -0.1) is 19.3 Å². The van der Waals surface area contributed by atoms with Gasteiger partial charge in [0, 0.05) is 29.4 Å². The van der Waals surface area contributed by atoms with Crippen molar-refractivity contribution >= 4 is 142 Å². The summed E-state index contributed by atoms with van der Waals surface area (Å²) in [6, 6.07) is 46.5. The van der Waals surface area contributed by atoms with Crippen LogP contribution in [0.4, 0.5) is 16.2 Å². The normalized spacial score (nSPS) is 16.3. The van der Waals surface area contributed by atoms with Gasteiger partial charge in [0.2, 0.25) is 5.91 Å². The Morgan fingerprint density at radius 1 is 0.500 bits per heavy atom. The van der Waals surface area contributed by atoms with Gasteiger partial charge in [-0.05, 0) is 233 Å². The third-order valence-corrected chi connectivity index (χ3v) is 21.5. The number of carboxylic acids is 1. The van der Waals surface area contributed by atoms with E-state index in [4.69, 9.17) is 33.9 Å². The highest BCUT2D eigenvalue weighted by molar-refractivity contribution is 14.1. The molecule has 11 rings (SSSR count). The number of carboxylic acid groups (broad SMARTS) is 1. The number of carbonyl (C=O) groups is 7. The van der Waals surface area contributed by atoms with Crippen molar-refractivity contribution in [1.82, 2.24) is 14.7 Å². The molecule has 0 bridgehead atoms. The first-order chi connectivity index (χ1) is 49.1. The highest BCUT2D eigenvalue weighted by atomic mass is 127. The Balaban J connectivity index is 0.000000192. The van der Waals surface area contributed by atoms with Gasteiger partial charge in [0.1, 0.15) is 23.7 Å². The molecule has 1 heterocycles. The second kappa shape index (κ2) is 39.7. The lowest BCUT2D eigenvalue weighted by atomic mass is 9.82. The van der Waals surface area contributed by atoms with Crippen LogP contribution in [0.25, 0.3) is 21.5 Å². The number of nitrogens with one attached hydrogen (secondary N) is 1. The number of aliphatic hydroxyl groups is 1. The Hall–Kier alpha value is -7.86. The molecule has 0 radical (unpaired) electrons. The van der Waals surface area contributed by atoms with Crippen molar-refractivity contribution in [3.05, 3.63) is 185 Å². The molecule has 19 heteroatoms. The Bertz CT molecular complexity index is 4170. The lowest BCUT2D eigenvalue weighted by molar-refractivity contribution is -0.144. The number of aliphatic hydroxyl groups excluding tert-OH is 1. The number of nitrogens with zero attached hydrogens (tertiary/aromatic N) is 4. The second-order valence-electron chi connectivity index (χ2n) is 26.9. The molecule has 1 aliphatic heterocycles. The molecule has 4 fully saturated rings. The maximum Gasteiger partial charge on any atom is 0.421 e. The van der Waals surface area contributed by atoms with Crippen LogP contribution in [0.5, 0.6) is 0 Å². The molecule has 1 saturated heterocycles. The summed E-state index contributed by atoms with van der Waals surface area (Å²) in [6.45, 7) is 6.07. The maximum atomic E-state index is 14.7. The molecule has 3 saturated carbocycles. The van der Waals surface area contributed by atoms with Gasteiger partial charge in [-0.25, -0.2) is 14.5 Å². The summed E-state index contributed by atoms with van der Waals surface area (Å²) >= 11 is 6.37. The van der Waals surface area contributed by atoms with E-state index in [0.29, 0.717) is 22.4 Å². The molecule has 6 amide bonds. The highest BCUT2D eigenvalue weighted by Crippen LogP contribution is 2.37. The summed E-state index contributed by atoms with van der Waals surface area (Å²) in [7, 11) is 0. The standard InChI is InChI=1S/C33H35IN2O4.C28H27IN2O2.C18H20INO3.C4H8O2/c1-5-21-35(30(37)27-17-11-12-18-28(27)34)29(24-14-7-6-8-15-24)31(38)36(32(39)40-33(2,3)4)26-20-19-23-13-9-10-16-25(23)22-26;1-2-18-31(28(33)24-14-8-9-15-25(24)29)26(21-11-4-3-5-12-21)27(32)30-23-17-16-20-10-6-7-13-22(20)19-23;1-2-12-20(17(21)14-10-6-7-11-15(14)19)16(18(22)23)13-8-4-3-5-9-13;5-4-2-1-3-6-4/h1,9-13,16-20,22,24,29H,6-8,14-15,21H2,2-4H3;1,6-10,13-17,19,21,26H,3-5,11-12,18H2,(H,30,32);1,6-7,10-11,13,16H,3-5,8-9,12H2,(H,22,23);4-5H,1-3H2. The topological polar surface area (TPSA) is 203 Å². The minimum absolute atomic E-state index is 0.0112. The summed E-state index contributed by atoms with van der Waals surface area (Å²) in [5, 5.41) is 25.3. The van der Waals surface area contributed by atoms with Gasteiger partial charge in [0.05, 0.1) is 42.0 Å². The molecular formula is C83H90I3N5O11. The van der Waals surface area contributed by atoms with Crippen molar-refractivity contribution in [3.8, 4) is 37.0 Å². The van der Waals surface area contributed by atoms with E-state index in [9.17, 15) is 38.7 Å². The van der Waals surface area contributed by atoms with E-state index in [1.165, 1.54) is 9.80 Å². The summed E-state index contributed by atoms with van der Waals surface area (Å²) in [5.74, 6) is 5.11. The number of halogens is 3. The summed E-state index contributed by atoms with van der Waals surface area (Å²) in [6.07, 6.45) is 31.9. The number of fused-ring (bicyclic) bond motifs is 2. The third kappa shape index (κ3) is 22.1. The van der Waals surface area contributed by atoms with Crippen molar-refractivity contribution < 1.29 is 53.2 Å². The van der Waals surface area contributed by atoms with Crippen LogP contribution < -0.4 is 10.2 Å². The molecule has 4 aliphatic rings. The number of terminal acetylenes is 3. The fraction of sp³-hybridized carbons (Fsp3) is 0.386. The van der Waals surface area contributed by atoms with Gasteiger partial charge in [0.25, 0.3) is 23.6 Å². The first-order valence-corrected chi connectivity index (χ1v) is 38.2. The van der Waals surface area contributed by atoms with E-state index in [1.807, 2.05) is 121 Å². The Labute approximate surface area is 641 Å². The van der Waals surface area contributed by atoms with Crippen LogP contribution in [0.15, 0.2) is 158 Å². The second-order valence-corrected chi connectivity index (χ2v) is 30.4. The predicted octanol–water partition coefficient (Wildman–Crippen LogP) is 17.1. The Morgan fingerprint density at radius 3 is 1.27 bits per heavy atom. The minimum Gasteiger partial charge on any atom is -0.480 e. The van der Waals surface area contributed by atoms with E-state index in [2.05, 4.69) is 90.9 Å². The lowest BCUT2D eigenvalue weighted by Crippen LogP contribution is -2.57. The van der Waals surface area contributed by atoms with Crippen molar-refractivity contribution in [2.24, 2.45) is 17.8 Å². The van der Waals surface area contributed by atoms with Crippen LogP contribution in [0.2, 0.25) is 0 Å². The fourth-order valence-electron chi connectivity index (χ4n) is 13.8. The number of hydrogen-bond donors (Lipinski definition) is 3. The number of rotatable bonds is 17. The van der Waals surface area contributed by atoms with Gasteiger partial charge < -0.3 is 39.7 Å². The number of imide groups is 1. The Morgan fingerprint density at radius 2 is 0.882 bits per heavy atom. The molecule has 7 aromatic carbocycles. The van der Waals surface area contributed by atoms with Crippen molar-refractivity contribution in [2.45, 2.75) is 160 Å². The first-order valence-electron chi connectivity index (χ1n) is 35.0. The van der Waals surface area contributed by atoms with Gasteiger partial charge in [-0.2, -0.15) is 0 Å². The number of benzene rings is 7. The molecule has 4 atom stereocenters. The fourth-order valence-corrected chi connectivity index (χ4v) is 15.7. The van der Waals surface area contributed by atoms with Crippen LogP contribution in [0.1, 0.15) is 161 Å². The quantitative estimate of drug-likeness (QED) is 0.0578. The van der Waals surface area contributed by atoms with E-state index in [-0.39, 0.29) is 61.0 Å². The zero-order chi connectivity index (χ0) is 73.3. The molecule has 102 heavy (non-hydrogen) atoms. The van der Waals surface area contributed by atoms with Crippen LogP contribution in [-0.2, 0) is 23.9 Å². The summed E-state index contributed by atoms with van der Waals surface area (Å²) < 4.78 is 12.9. The van der Waals surface area contributed by atoms with Crippen LogP contribution in [0, 0.1) is 65.5 Å². The largest absolute Gasteiger partial charge is 0.480 e. The van der Waals surface area contributed by atoms with Crippen LogP contribution >= 0.6 is 67.8 Å². The smallest absolute Gasteiger partial charge is 0.421 e. The highest BCUT2D eigenvalue weighted by Gasteiger charge is 2.44. The number of ether oxygens (including phenoxy) is 2. The van der Waals surface area contributed by atoms with Crippen molar-refractivity contribution in [2.75, 3.05) is 36.5 Å². The number of anilines is 2. The number of hydrogen-bond acceptors (Lipinski definition) is 10. The van der Waals surface area contributed by atoms with Crippen molar-refractivity contribution in [1.29, 1.82) is 0 Å². The Kier molecular flexibility index (Phi) is 31.1. The first kappa shape index (κ1) is 79.8. The van der Waals surface area contributed by atoms with E-state index < -0.39 is 48.0 Å². The third-order valence-electron chi connectivity index (χ3n) is 18.7. The summed E-state index contributed by atoms with van der Waals surface area (Å²) in [5.41, 5.74) is 1.84. The molecule has 16 nitrogen and oxygen atoms in total. The van der Waals surface area contributed by atoms with Gasteiger partial charge in [-0.1, -0.05) is 173 Å². The predicted molar refractivity (Wildman–Crippen MR) is 427 cm³/mol. The molecule has 534 valence electrons. The van der Waals surface area contributed by atoms with E-state index in [1.54, 1.807) is 62.1 Å². The number of carbonyl (C=O) groups excluding carboxylic acids is 6. The van der Waals surface area contributed by atoms with Gasteiger partial charge in [-0.3, -0.25) is 24.0 Å². The molecule has 0 spiro atoms. The zero-order valence-electron chi connectivity index (χ0n) is 58.1. The lowest BCUT2D eigenvalue weighted by Gasteiger charge is -2.39. The summed E-state index contributed by atoms with van der Waals surface area (Å²) in [4.78, 5) is 100. The maximum absolute atomic E-state index is 14.7. The van der Waals surface area contributed by atoms with E-state index >= 15 is 0 Å². The van der Waals surface area contributed by atoms with Crippen molar-refractivity contribution in [3.63, 3.8) is 0 Å². The van der Waals surface area contributed by atoms with Gasteiger partial charge in [0.15, 0.2) is 6.29 Å². The minimum atomic E-state index is -0.966. The molecule has 3 N–H and O–H groups in total. The average Bonchev–Trinajstić information content (AvgIpc) is 0.812. The zero-order valence-corrected chi connectivity index (χ0v) is 64.6. The molecule has 7 aromatic rings. The molecule has 0 aromatic heterocycles. The average molecular weight is 1710 g/mol. The van der Waals surface area contributed by atoms with E-state index in [0.717, 1.165) is 159 Å². The SMILES string of the molecule is C#CCN(C(=O)c1ccccc1I)C(C(=O)N(C(=O)OC(C)(C)C)c1ccc2ccccc2c1)C1CCCCC1.C#CCN(C(=O)c1ccccc1I)C(C(=O)Nc1ccc2ccccc2c1)C1CCCCC1.C#CCN(C(=O)c1ccccc1I)C(C(=O)O)C1CCCCC1.OC1CCCO1. The monoisotopic (exact) mass is 1710 g/mol. The molecule has 3 aliphatic carbocycles. The van der Waals surface area contributed by atoms with Crippen LogP contribution in [0.3, 0.4) is 0 Å². The molecular weight excluding hydrogens is 1620 g/mol. The van der Waals surface area contributed by atoms with Crippen LogP contribution in [-0.4, -0.2) is 123 Å². The van der Waals surface area contributed by atoms with Gasteiger partial charge >= 0.3 is 12.1 Å². The molecule has 4 unspecified atom stereocenters. The number of amides is 6.